The molecule has 0 saturated carbocycles. The molecule has 0 unspecified atom stereocenters. The van der Waals surface area contributed by atoms with Crippen molar-refractivity contribution in [3.05, 3.63) is 48.0 Å². The minimum absolute atomic E-state index is 0.0936. The van der Waals surface area contributed by atoms with Gasteiger partial charge in [-0.25, -0.2) is 0 Å². The monoisotopic (exact) mass is 381 g/mol. The number of hydrogen-bond acceptors (Lipinski definition) is 4. The number of likely N-dealkylation sites (tertiary alicyclic amines) is 2. The summed E-state index contributed by atoms with van der Waals surface area (Å²) in [6.07, 6.45) is 4.84. The molecule has 7 nitrogen and oxygen atoms in total. The van der Waals surface area contributed by atoms with Crippen molar-refractivity contribution >= 4 is 11.8 Å². The van der Waals surface area contributed by atoms with E-state index in [2.05, 4.69) is 22.3 Å². The Labute approximate surface area is 165 Å². The number of benzene rings is 1. The minimum atomic E-state index is -0.221. The van der Waals surface area contributed by atoms with E-state index >= 15 is 0 Å². The summed E-state index contributed by atoms with van der Waals surface area (Å²) in [5, 5.41) is 8.19. The van der Waals surface area contributed by atoms with Gasteiger partial charge in [-0.2, -0.15) is 0 Å². The van der Waals surface area contributed by atoms with Gasteiger partial charge in [0.1, 0.15) is 12.2 Å². The Morgan fingerprint density at radius 3 is 2.79 bits per heavy atom. The first kappa shape index (κ1) is 18.7. The summed E-state index contributed by atoms with van der Waals surface area (Å²) >= 11 is 0. The Balaban J connectivity index is 1.34. The number of aryl methyl sites for hydroxylation is 1. The third-order valence-corrected chi connectivity index (χ3v) is 5.92. The average Bonchev–Trinajstić information content (AvgIpc) is 3.32. The fourth-order valence-electron chi connectivity index (χ4n) is 4.37. The zero-order chi connectivity index (χ0) is 19.5. The van der Waals surface area contributed by atoms with Crippen molar-refractivity contribution in [2.45, 2.75) is 31.6 Å². The van der Waals surface area contributed by atoms with Crippen molar-refractivity contribution in [2.75, 3.05) is 26.2 Å². The summed E-state index contributed by atoms with van der Waals surface area (Å²) in [7, 11) is 1.94. The van der Waals surface area contributed by atoms with E-state index in [9.17, 15) is 9.59 Å². The smallest absolute Gasteiger partial charge is 0.228 e. The van der Waals surface area contributed by atoms with Crippen LogP contribution in [0.3, 0.4) is 0 Å². The van der Waals surface area contributed by atoms with Crippen LogP contribution in [-0.2, 0) is 23.1 Å². The maximum absolute atomic E-state index is 13.1. The van der Waals surface area contributed by atoms with Crippen LogP contribution in [0.1, 0.15) is 36.6 Å². The topological polar surface area (TPSA) is 71.3 Å². The predicted octanol–water partition coefficient (Wildman–Crippen LogP) is 1.61. The van der Waals surface area contributed by atoms with Gasteiger partial charge in [-0.05, 0) is 24.8 Å². The number of carbonyl (C=O) groups is 2. The second-order valence-corrected chi connectivity index (χ2v) is 7.90. The molecule has 2 aliphatic heterocycles. The third-order valence-electron chi connectivity index (χ3n) is 5.92. The van der Waals surface area contributed by atoms with Crippen LogP contribution in [0.25, 0.3) is 0 Å². The molecule has 2 aliphatic rings. The Kier molecular flexibility index (Phi) is 5.41. The van der Waals surface area contributed by atoms with Crippen molar-refractivity contribution in [1.29, 1.82) is 0 Å². The highest BCUT2D eigenvalue weighted by molar-refractivity contribution is 5.89. The van der Waals surface area contributed by atoms with E-state index in [1.165, 1.54) is 5.56 Å². The highest BCUT2D eigenvalue weighted by Crippen LogP contribution is 2.28. The Bertz CT molecular complexity index is 834. The van der Waals surface area contributed by atoms with Crippen LogP contribution in [0, 0.1) is 5.92 Å². The quantitative estimate of drug-likeness (QED) is 0.789. The fraction of sp³-hybridized carbons (Fsp3) is 0.524. The fourth-order valence-corrected chi connectivity index (χ4v) is 4.37. The number of hydrogen-bond donors (Lipinski definition) is 0. The van der Waals surface area contributed by atoms with E-state index in [1.807, 2.05) is 39.6 Å². The second-order valence-electron chi connectivity index (χ2n) is 7.90. The SMILES string of the molecule is Cn1cnnc1[C@H]1CCCN(C(=O)[C@@H]2CC(=O)N(CCc3ccccc3)C2)C1. The van der Waals surface area contributed by atoms with Crippen molar-refractivity contribution in [2.24, 2.45) is 13.0 Å². The summed E-state index contributed by atoms with van der Waals surface area (Å²) in [4.78, 5) is 29.3. The van der Waals surface area contributed by atoms with Gasteiger partial charge in [-0.3, -0.25) is 9.59 Å². The van der Waals surface area contributed by atoms with Gasteiger partial charge in [0.2, 0.25) is 11.8 Å². The van der Waals surface area contributed by atoms with Gasteiger partial charge in [0.25, 0.3) is 0 Å². The van der Waals surface area contributed by atoms with Gasteiger partial charge >= 0.3 is 0 Å². The van der Waals surface area contributed by atoms with E-state index in [4.69, 9.17) is 0 Å². The molecule has 1 aromatic carbocycles. The van der Waals surface area contributed by atoms with Crippen LogP contribution >= 0.6 is 0 Å². The molecule has 2 amide bonds. The molecule has 0 N–H and O–H groups in total. The van der Waals surface area contributed by atoms with Gasteiger partial charge in [-0.15, -0.1) is 10.2 Å². The highest BCUT2D eigenvalue weighted by Gasteiger charge is 2.38. The largest absolute Gasteiger partial charge is 0.342 e. The molecule has 2 saturated heterocycles. The molecule has 0 radical (unpaired) electrons. The molecule has 2 atom stereocenters. The zero-order valence-electron chi connectivity index (χ0n) is 16.3. The first-order chi connectivity index (χ1) is 13.6. The zero-order valence-corrected chi connectivity index (χ0v) is 16.3. The summed E-state index contributed by atoms with van der Waals surface area (Å²) in [6.45, 7) is 2.64. The van der Waals surface area contributed by atoms with E-state index in [0.717, 1.165) is 31.6 Å². The molecule has 2 fully saturated rings. The van der Waals surface area contributed by atoms with Crippen LogP contribution < -0.4 is 0 Å². The Hall–Kier alpha value is -2.70. The van der Waals surface area contributed by atoms with Crippen molar-refractivity contribution in [3.8, 4) is 0 Å². The number of amides is 2. The number of aromatic nitrogens is 3. The van der Waals surface area contributed by atoms with Crippen LogP contribution in [-0.4, -0.2) is 62.6 Å². The van der Waals surface area contributed by atoms with Crippen LogP contribution in [0.4, 0.5) is 0 Å². The lowest BCUT2D eigenvalue weighted by Crippen LogP contribution is -2.43. The van der Waals surface area contributed by atoms with Gasteiger partial charge < -0.3 is 14.4 Å². The molecule has 148 valence electrons. The lowest BCUT2D eigenvalue weighted by molar-refractivity contribution is -0.137. The van der Waals surface area contributed by atoms with Crippen LogP contribution in [0.2, 0.25) is 0 Å². The molecule has 28 heavy (non-hydrogen) atoms. The van der Waals surface area contributed by atoms with Crippen molar-refractivity contribution in [3.63, 3.8) is 0 Å². The number of nitrogens with zero attached hydrogens (tertiary/aromatic N) is 5. The molecule has 0 spiro atoms. The standard InChI is InChI=1S/C21H27N5O2/c1-24-15-22-23-20(24)17-8-5-10-26(13-17)21(28)18-12-19(27)25(14-18)11-9-16-6-3-2-4-7-16/h2-4,6-7,15,17-18H,5,8-14H2,1H3/t17-,18+/m0/s1. The molecular weight excluding hydrogens is 354 g/mol. The molecule has 2 aromatic rings. The molecule has 4 rings (SSSR count). The number of piperidine rings is 1. The number of rotatable bonds is 5. The highest BCUT2D eigenvalue weighted by atomic mass is 16.2. The summed E-state index contributed by atoms with van der Waals surface area (Å²) in [5.74, 6) is 1.14. The summed E-state index contributed by atoms with van der Waals surface area (Å²) in [6, 6.07) is 10.2. The summed E-state index contributed by atoms with van der Waals surface area (Å²) < 4.78 is 1.93. The maximum atomic E-state index is 13.1. The van der Waals surface area contributed by atoms with E-state index in [1.54, 1.807) is 6.33 Å². The Morgan fingerprint density at radius 1 is 1.21 bits per heavy atom. The van der Waals surface area contributed by atoms with Crippen molar-refractivity contribution < 1.29 is 9.59 Å². The molecule has 0 aliphatic carbocycles. The molecule has 7 heteroatoms. The lowest BCUT2D eigenvalue weighted by Gasteiger charge is -2.33. The van der Waals surface area contributed by atoms with Gasteiger partial charge in [0.05, 0.1) is 5.92 Å². The minimum Gasteiger partial charge on any atom is -0.342 e. The second kappa shape index (κ2) is 8.12. The molecule has 1 aromatic heterocycles. The normalized spacial score (nSPS) is 22.7. The van der Waals surface area contributed by atoms with Crippen molar-refractivity contribution in [1.82, 2.24) is 24.6 Å². The lowest BCUT2D eigenvalue weighted by atomic mass is 9.95. The van der Waals surface area contributed by atoms with E-state index < -0.39 is 0 Å². The number of carbonyl (C=O) groups excluding carboxylic acids is 2. The Morgan fingerprint density at radius 2 is 2.04 bits per heavy atom. The molecular formula is C21H27N5O2. The first-order valence-corrected chi connectivity index (χ1v) is 10.1. The van der Waals surface area contributed by atoms with Crippen LogP contribution in [0.15, 0.2) is 36.7 Å². The van der Waals surface area contributed by atoms with Crippen LogP contribution in [0.5, 0.6) is 0 Å². The van der Waals surface area contributed by atoms with Gasteiger partial charge in [0, 0.05) is 45.6 Å². The predicted molar refractivity (Wildman–Crippen MR) is 104 cm³/mol. The molecule has 0 bridgehead atoms. The summed E-state index contributed by atoms with van der Waals surface area (Å²) in [5.41, 5.74) is 1.22. The van der Waals surface area contributed by atoms with Gasteiger partial charge in [-0.1, -0.05) is 30.3 Å². The molecule has 3 heterocycles. The maximum Gasteiger partial charge on any atom is 0.228 e. The van der Waals surface area contributed by atoms with E-state index in [0.29, 0.717) is 26.1 Å². The third kappa shape index (κ3) is 3.93. The first-order valence-electron chi connectivity index (χ1n) is 10.1. The average molecular weight is 381 g/mol. The van der Waals surface area contributed by atoms with Gasteiger partial charge in [0.15, 0.2) is 0 Å². The van der Waals surface area contributed by atoms with E-state index in [-0.39, 0.29) is 23.7 Å².